The van der Waals surface area contributed by atoms with E-state index in [1.165, 1.54) is 13.8 Å². The van der Waals surface area contributed by atoms with E-state index in [-0.39, 0.29) is 19.3 Å². The van der Waals surface area contributed by atoms with E-state index in [1.54, 1.807) is 0 Å². The molecule has 108 valence electrons. The molecule has 0 saturated carbocycles. The van der Waals surface area contributed by atoms with Crippen LogP contribution in [0.2, 0.25) is 3.17 Å². The molecule has 0 aliphatic rings. The molecule has 0 aromatic rings. The van der Waals surface area contributed by atoms with E-state index in [2.05, 4.69) is 10.2 Å². The van der Waals surface area contributed by atoms with Crippen LogP contribution in [0.3, 0.4) is 0 Å². The van der Waals surface area contributed by atoms with E-state index in [0.717, 1.165) is 0 Å². The zero-order valence-corrected chi connectivity index (χ0v) is 14.2. The van der Waals surface area contributed by atoms with Crippen LogP contribution in [-0.4, -0.2) is 61.2 Å². The number of nitriles is 2. The van der Waals surface area contributed by atoms with Gasteiger partial charge in [-0.2, -0.15) is 0 Å². The molecular formula is C12H15N4NaO4. The second-order valence-corrected chi connectivity index (χ2v) is 6.70. The van der Waals surface area contributed by atoms with E-state index in [0.29, 0.717) is 27.9 Å². The summed E-state index contributed by atoms with van der Waals surface area (Å²) in [5.41, 5.74) is -2.69. The molecular weight excluding hydrogens is 287 g/mol. The second kappa shape index (κ2) is 8.08. The fourth-order valence-electron chi connectivity index (χ4n) is 1.49. The Labute approximate surface area is 139 Å². The van der Waals surface area contributed by atoms with Gasteiger partial charge < -0.3 is 0 Å². The van der Waals surface area contributed by atoms with Gasteiger partial charge in [0.05, 0.1) is 0 Å². The standard InChI is InChI=1S/C12H15N4O4.Na/c1-11(7-13,5-3-9(17)18)15-16-12(2,8-14)6-4-10(19)20;/h3H,4-6H2,1-2H3,(H,17,18)(H,19,20);. The summed E-state index contributed by atoms with van der Waals surface area (Å²) in [6.07, 6.45) is -0.271. The summed E-state index contributed by atoms with van der Waals surface area (Å²) in [6.45, 7) is 2.87. The van der Waals surface area contributed by atoms with Crippen molar-refractivity contribution in [2.45, 2.75) is 47.4 Å². The van der Waals surface area contributed by atoms with Crippen LogP contribution < -0.4 is 0 Å². The van der Waals surface area contributed by atoms with Crippen LogP contribution in [0, 0.1) is 22.7 Å². The van der Waals surface area contributed by atoms with Gasteiger partial charge in [0.2, 0.25) is 0 Å². The van der Waals surface area contributed by atoms with Gasteiger partial charge in [0.1, 0.15) is 0 Å². The zero-order chi connectivity index (χ0) is 16.7. The summed E-state index contributed by atoms with van der Waals surface area (Å²) >= 11 is 0.360. The summed E-state index contributed by atoms with van der Waals surface area (Å²) in [6, 6.07) is 3.76. The third-order valence-electron chi connectivity index (χ3n) is 2.92. The number of azo groups is 1. The second-order valence-electron chi connectivity index (χ2n) is 5.31. The van der Waals surface area contributed by atoms with Crippen molar-refractivity contribution >= 4 is 39.9 Å². The molecule has 8 nitrogen and oxygen atoms in total. The zero-order valence-electron chi connectivity index (χ0n) is 12.2. The normalized spacial score (nSPS) is 18.0. The van der Waals surface area contributed by atoms with Gasteiger partial charge in [0, 0.05) is 0 Å². The molecule has 0 spiro atoms. The van der Waals surface area contributed by atoms with E-state index >= 15 is 0 Å². The molecule has 3 atom stereocenters. The Morgan fingerprint density at radius 2 is 1.67 bits per heavy atom. The van der Waals surface area contributed by atoms with Crippen LogP contribution in [0.5, 0.6) is 0 Å². The molecule has 0 saturated heterocycles. The van der Waals surface area contributed by atoms with E-state index in [9.17, 15) is 9.59 Å². The molecule has 0 bridgehead atoms. The number of carboxylic acids is 2. The Kier molecular flexibility index (Phi) is 7.51. The molecule has 2 N–H and O–H groups in total. The molecule has 0 amide bonds. The van der Waals surface area contributed by atoms with Gasteiger partial charge in [-0.15, -0.1) is 0 Å². The maximum absolute atomic E-state index is 10.9. The minimum atomic E-state index is -1.35. The summed E-state index contributed by atoms with van der Waals surface area (Å²) in [7, 11) is 0. The van der Waals surface area contributed by atoms with Crippen molar-refractivity contribution in [1.29, 1.82) is 10.5 Å². The first-order valence-corrected chi connectivity index (χ1v) is 7.44. The van der Waals surface area contributed by atoms with Crippen molar-refractivity contribution in [1.82, 2.24) is 0 Å². The van der Waals surface area contributed by atoms with Crippen LogP contribution in [0.1, 0.15) is 33.1 Å². The Bertz CT molecular complexity index is 524. The van der Waals surface area contributed by atoms with Crippen LogP contribution >= 0.6 is 0 Å². The molecule has 0 aromatic carbocycles. The van der Waals surface area contributed by atoms with Crippen LogP contribution in [0.15, 0.2) is 10.2 Å². The first-order chi connectivity index (χ1) is 9.57. The Hall–Kier alpha value is -1.48. The monoisotopic (exact) mass is 302 g/mol. The van der Waals surface area contributed by atoms with Gasteiger partial charge in [0.25, 0.3) is 0 Å². The van der Waals surface area contributed by atoms with Crippen molar-refractivity contribution in [3.05, 3.63) is 0 Å². The van der Waals surface area contributed by atoms with Crippen molar-refractivity contribution < 1.29 is 19.8 Å². The van der Waals surface area contributed by atoms with Crippen molar-refractivity contribution in [2.24, 2.45) is 10.2 Å². The molecule has 3 unspecified atom stereocenters. The predicted molar refractivity (Wildman–Crippen MR) is 71.5 cm³/mol. The van der Waals surface area contributed by atoms with Crippen LogP contribution in [-0.2, 0) is 9.59 Å². The quantitative estimate of drug-likeness (QED) is 0.510. The Morgan fingerprint density at radius 3 is 2.05 bits per heavy atom. The number of rotatable bonds is 8. The molecule has 9 heteroatoms. The average molecular weight is 302 g/mol. The Balaban J connectivity index is 5.08. The van der Waals surface area contributed by atoms with Crippen LogP contribution in [0.4, 0.5) is 0 Å². The molecule has 0 radical (unpaired) electrons. The molecule has 0 aliphatic carbocycles. The number of carboxylic acid groups (broad SMARTS) is 2. The van der Waals surface area contributed by atoms with Gasteiger partial charge >= 0.3 is 140 Å². The maximum atomic E-state index is 10.9. The fraction of sp³-hybridized carbons (Fsp3) is 0.667. The average Bonchev–Trinajstić information content (AvgIpc) is 2.43. The van der Waals surface area contributed by atoms with Gasteiger partial charge in [-0.3, -0.25) is 0 Å². The molecule has 0 heterocycles. The molecule has 0 aliphatic heterocycles. The summed E-state index contributed by atoms with van der Waals surface area (Å²) in [5.74, 6) is -2.05. The third kappa shape index (κ3) is 7.19. The van der Waals surface area contributed by atoms with Crippen molar-refractivity contribution in [3.8, 4) is 12.1 Å². The molecule has 0 aromatic heterocycles. The summed E-state index contributed by atoms with van der Waals surface area (Å²) < 4.78 is -0.652. The van der Waals surface area contributed by atoms with E-state index in [4.69, 9.17) is 20.7 Å². The fourth-order valence-corrected chi connectivity index (χ4v) is 2.29. The minimum absolute atomic E-state index is 0.00892. The van der Waals surface area contributed by atoms with Gasteiger partial charge in [-0.05, 0) is 0 Å². The number of aliphatic carboxylic acids is 2. The number of carbonyl (C=O) groups is 2. The first-order valence-electron chi connectivity index (χ1n) is 6.28. The third-order valence-corrected chi connectivity index (χ3v) is 3.83. The summed E-state index contributed by atoms with van der Waals surface area (Å²) in [5, 5.41) is 43.4. The van der Waals surface area contributed by atoms with Gasteiger partial charge in [0.15, 0.2) is 0 Å². The van der Waals surface area contributed by atoms with Gasteiger partial charge in [-0.25, -0.2) is 0 Å². The first kappa shape index (κ1) is 19.5. The van der Waals surface area contributed by atoms with E-state index in [1.807, 2.05) is 12.1 Å². The Morgan fingerprint density at radius 1 is 1.19 bits per heavy atom. The SMILES string of the molecule is CC(C#N)(CCC(=O)O)N=NC(C)(C#N)C[CH]([Na])C(=O)O. The van der Waals surface area contributed by atoms with Gasteiger partial charge in [-0.1, -0.05) is 0 Å². The van der Waals surface area contributed by atoms with Crippen molar-refractivity contribution in [2.75, 3.05) is 0 Å². The number of hydrogen-bond donors (Lipinski definition) is 2. The number of hydrogen-bond acceptors (Lipinski definition) is 6. The summed E-state index contributed by atoms with van der Waals surface area (Å²) in [4.78, 5) is 21.4. The molecule has 0 rings (SSSR count). The molecule has 21 heavy (non-hydrogen) atoms. The van der Waals surface area contributed by atoms with Crippen molar-refractivity contribution in [3.63, 3.8) is 0 Å². The topological polar surface area (TPSA) is 147 Å². The molecule has 0 fully saturated rings. The predicted octanol–water partition coefficient (Wildman–Crippen LogP) is 1.30. The number of nitrogens with zero attached hydrogens (tertiary/aromatic N) is 4. The van der Waals surface area contributed by atoms with E-state index < -0.39 is 26.2 Å². The van der Waals surface area contributed by atoms with Crippen LogP contribution in [0.25, 0.3) is 0 Å².